The molecular formula is C14H17N3O2S. The lowest BCUT2D eigenvalue weighted by Crippen LogP contribution is -2.20. The summed E-state index contributed by atoms with van der Waals surface area (Å²) in [5, 5.41) is 3.20. The maximum atomic E-state index is 11.7. The van der Waals surface area contributed by atoms with E-state index in [1.165, 1.54) is 13.1 Å². The molecule has 0 heterocycles. The Balaban J connectivity index is 2.14. The summed E-state index contributed by atoms with van der Waals surface area (Å²) in [7, 11) is -2.16. The van der Waals surface area contributed by atoms with Gasteiger partial charge in [-0.05, 0) is 30.8 Å². The second kappa shape index (κ2) is 5.94. The summed E-state index contributed by atoms with van der Waals surface area (Å²) < 4.78 is 25.6. The molecule has 0 radical (unpaired) electrons. The normalized spacial score (nSPS) is 11.2. The molecule has 0 aliphatic rings. The van der Waals surface area contributed by atoms with Crippen molar-refractivity contribution in [2.75, 3.05) is 18.1 Å². The number of sulfonamides is 1. The van der Waals surface area contributed by atoms with Crippen molar-refractivity contribution < 1.29 is 8.42 Å². The van der Waals surface area contributed by atoms with Crippen LogP contribution in [0.2, 0.25) is 0 Å². The zero-order valence-electron chi connectivity index (χ0n) is 11.1. The molecule has 0 saturated heterocycles. The maximum absolute atomic E-state index is 11.7. The lowest BCUT2D eigenvalue weighted by Gasteiger charge is -2.10. The van der Waals surface area contributed by atoms with E-state index in [1.54, 1.807) is 12.1 Å². The van der Waals surface area contributed by atoms with Gasteiger partial charge in [-0.15, -0.1) is 0 Å². The highest BCUT2D eigenvalue weighted by molar-refractivity contribution is 7.89. The molecule has 0 bridgehead atoms. The molecule has 0 aliphatic carbocycles. The lowest BCUT2D eigenvalue weighted by atomic mass is 10.2. The lowest BCUT2D eigenvalue weighted by molar-refractivity contribution is 0.588. The molecule has 2 aromatic carbocycles. The molecular weight excluding hydrogens is 274 g/mol. The smallest absolute Gasteiger partial charge is 0.242 e. The molecule has 0 spiro atoms. The van der Waals surface area contributed by atoms with Crippen molar-refractivity contribution in [2.24, 2.45) is 0 Å². The van der Waals surface area contributed by atoms with Crippen LogP contribution >= 0.6 is 0 Å². The van der Waals surface area contributed by atoms with E-state index in [0.717, 1.165) is 11.3 Å². The van der Waals surface area contributed by atoms with Crippen LogP contribution in [0.3, 0.4) is 0 Å². The first-order valence-electron chi connectivity index (χ1n) is 6.14. The first-order valence-corrected chi connectivity index (χ1v) is 7.62. The maximum Gasteiger partial charge on any atom is 0.242 e. The third kappa shape index (κ3) is 3.28. The summed E-state index contributed by atoms with van der Waals surface area (Å²) in [5.74, 6) is 0. The third-order valence-corrected chi connectivity index (χ3v) is 4.40. The van der Waals surface area contributed by atoms with Crippen molar-refractivity contribution in [1.82, 2.24) is 4.72 Å². The third-order valence-electron chi connectivity index (χ3n) is 2.91. The minimum absolute atomic E-state index is 0.0882. The summed E-state index contributed by atoms with van der Waals surface area (Å²) in [4.78, 5) is 0.0882. The molecule has 4 N–H and O–H groups in total. The SMILES string of the molecule is CNS(=O)(=O)c1ccc(NCc2ccccc2)cc1N. The van der Waals surface area contributed by atoms with Crippen molar-refractivity contribution in [3.05, 3.63) is 54.1 Å². The van der Waals surface area contributed by atoms with Crippen LogP contribution in [0.1, 0.15) is 5.56 Å². The van der Waals surface area contributed by atoms with Gasteiger partial charge in [0.25, 0.3) is 0 Å². The van der Waals surface area contributed by atoms with Gasteiger partial charge in [-0.1, -0.05) is 30.3 Å². The minimum Gasteiger partial charge on any atom is -0.398 e. The van der Waals surface area contributed by atoms with E-state index in [4.69, 9.17) is 5.73 Å². The van der Waals surface area contributed by atoms with Crippen LogP contribution < -0.4 is 15.8 Å². The molecule has 6 heteroatoms. The Morgan fingerprint density at radius 1 is 1.10 bits per heavy atom. The first-order chi connectivity index (χ1) is 9.53. The molecule has 0 aromatic heterocycles. The monoisotopic (exact) mass is 291 g/mol. The Morgan fingerprint density at radius 2 is 1.80 bits per heavy atom. The highest BCUT2D eigenvalue weighted by Crippen LogP contribution is 2.22. The van der Waals surface area contributed by atoms with Gasteiger partial charge >= 0.3 is 0 Å². The van der Waals surface area contributed by atoms with E-state index in [0.29, 0.717) is 6.54 Å². The summed E-state index contributed by atoms with van der Waals surface area (Å²) in [6, 6.07) is 14.7. The quantitative estimate of drug-likeness (QED) is 0.733. The van der Waals surface area contributed by atoms with Crippen LogP contribution in [-0.4, -0.2) is 15.5 Å². The Morgan fingerprint density at radius 3 is 2.40 bits per heavy atom. The van der Waals surface area contributed by atoms with E-state index in [1.807, 2.05) is 30.3 Å². The van der Waals surface area contributed by atoms with E-state index in [9.17, 15) is 8.42 Å². The Kier molecular flexibility index (Phi) is 4.26. The summed E-state index contributed by atoms with van der Waals surface area (Å²) >= 11 is 0. The van der Waals surface area contributed by atoms with Gasteiger partial charge in [0, 0.05) is 12.2 Å². The average Bonchev–Trinajstić information content (AvgIpc) is 2.46. The predicted octanol–water partition coefficient (Wildman–Crippen LogP) is 1.79. The van der Waals surface area contributed by atoms with E-state index >= 15 is 0 Å². The number of benzene rings is 2. The molecule has 0 unspecified atom stereocenters. The highest BCUT2D eigenvalue weighted by Gasteiger charge is 2.15. The second-order valence-corrected chi connectivity index (χ2v) is 6.15. The summed E-state index contributed by atoms with van der Waals surface area (Å²) in [5.41, 5.74) is 7.93. The van der Waals surface area contributed by atoms with Gasteiger partial charge in [-0.25, -0.2) is 13.1 Å². The largest absolute Gasteiger partial charge is 0.398 e. The fraction of sp³-hybridized carbons (Fsp3) is 0.143. The van der Waals surface area contributed by atoms with Gasteiger partial charge in [-0.2, -0.15) is 0 Å². The highest BCUT2D eigenvalue weighted by atomic mass is 32.2. The number of nitrogens with one attached hydrogen (secondary N) is 2. The predicted molar refractivity (Wildman–Crippen MR) is 80.9 cm³/mol. The minimum atomic E-state index is -3.52. The van der Waals surface area contributed by atoms with Gasteiger partial charge < -0.3 is 11.1 Å². The number of nitrogen functional groups attached to an aromatic ring is 1. The molecule has 0 fully saturated rings. The number of hydrogen-bond acceptors (Lipinski definition) is 4. The van der Waals surface area contributed by atoms with Gasteiger partial charge in [0.05, 0.1) is 5.69 Å². The zero-order valence-corrected chi connectivity index (χ0v) is 11.9. The van der Waals surface area contributed by atoms with Gasteiger partial charge in [-0.3, -0.25) is 0 Å². The first kappa shape index (κ1) is 14.4. The molecule has 2 rings (SSSR count). The second-order valence-electron chi connectivity index (χ2n) is 4.30. The summed E-state index contributed by atoms with van der Waals surface area (Å²) in [6.45, 7) is 0.651. The number of anilines is 2. The van der Waals surface area contributed by atoms with E-state index < -0.39 is 10.0 Å². The molecule has 0 aliphatic heterocycles. The molecule has 106 valence electrons. The molecule has 0 atom stereocenters. The molecule has 0 saturated carbocycles. The van der Waals surface area contributed by atoms with Crippen LogP contribution in [0.15, 0.2) is 53.4 Å². The molecule has 20 heavy (non-hydrogen) atoms. The number of hydrogen-bond donors (Lipinski definition) is 3. The van der Waals surface area contributed by atoms with Gasteiger partial charge in [0.2, 0.25) is 10.0 Å². The van der Waals surface area contributed by atoms with Crippen molar-refractivity contribution in [3.8, 4) is 0 Å². The standard InChI is InChI=1S/C14H17N3O2S/c1-16-20(18,19)14-8-7-12(9-13(14)15)17-10-11-5-3-2-4-6-11/h2-9,16-17H,10,15H2,1H3. The Bertz CT molecular complexity index is 685. The van der Waals surface area contributed by atoms with Crippen molar-refractivity contribution in [3.63, 3.8) is 0 Å². The van der Waals surface area contributed by atoms with Crippen molar-refractivity contribution >= 4 is 21.4 Å². The van der Waals surface area contributed by atoms with E-state index in [2.05, 4.69) is 10.0 Å². The van der Waals surface area contributed by atoms with Crippen LogP contribution in [0.5, 0.6) is 0 Å². The topological polar surface area (TPSA) is 84.2 Å². The zero-order chi connectivity index (χ0) is 14.6. The fourth-order valence-corrected chi connectivity index (χ4v) is 2.65. The van der Waals surface area contributed by atoms with Crippen LogP contribution in [0.25, 0.3) is 0 Å². The van der Waals surface area contributed by atoms with Crippen LogP contribution in [0, 0.1) is 0 Å². The average molecular weight is 291 g/mol. The number of rotatable bonds is 5. The van der Waals surface area contributed by atoms with Crippen LogP contribution in [0.4, 0.5) is 11.4 Å². The van der Waals surface area contributed by atoms with Gasteiger partial charge in [0.1, 0.15) is 4.90 Å². The van der Waals surface area contributed by atoms with E-state index in [-0.39, 0.29) is 10.6 Å². The van der Waals surface area contributed by atoms with Crippen molar-refractivity contribution in [2.45, 2.75) is 11.4 Å². The van der Waals surface area contributed by atoms with Crippen LogP contribution in [-0.2, 0) is 16.6 Å². The fourth-order valence-electron chi connectivity index (χ4n) is 1.81. The van der Waals surface area contributed by atoms with Gasteiger partial charge in [0.15, 0.2) is 0 Å². The van der Waals surface area contributed by atoms with Crippen molar-refractivity contribution in [1.29, 1.82) is 0 Å². The molecule has 5 nitrogen and oxygen atoms in total. The Hall–Kier alpha value is -2.05. The molecule has 2 aromatic rings. The summed E-state index contributed by atoms with van der Waals surface area (Å²) in [6.07, 6.45) is 0. The Labute approximate surface area is 118 Å². The number of nitrogens with two attached hydrogens (primary N) is 1. The molecule has 0 amide bonds.